The summed E-state index contributed by atoms with van der Waals surface area (Å²) in [6.45, 7) is 0. The zero-order chi connectivity index (χ0) is 17.6. The monoisotopic (exact) mass is 370 g/mol. The molecule has 0 spiro atoms. The van der Waals surface area contributed by atoms with Crippen molar-refractivity contribution < 1.29 is 0 Å². The maximum Gasteiger partial charge on any atom is 0.0340 e. The number of rotatable bonds is 5. The second kappa shape index (κ2) is 8.31. The molecule has 0 aliphatic heterocycles. The molecule has 4 aromatic carbocycles. The van der Waals surface area contributed by atoms with Gasteiger partial charge in [-0.15, -0.1) is 0 Å². The topological polar surface area (TPSA) is 0 Å². The van der Waals surface area contributed by atoms with E-state index in [2.05, 4.69) is 109 Å². The minimum absolute atomic E-state index is 1.25. The Kier molecular flexibility index (Phi) is 5.44. The fourth-order valence-corrected chi connectivity index (χ4v) is 4.91. The third kappa shape index (κ3) is 4.04. The predicted molar refractivity (Wildman–Crippen MR) is 113 cm³/mol. The Balaban J connectivity index is 1.80. The van der Waals surface area contributed by atoms with Crippen LogP contribution >= 0.6 is 23.5 Å². The van der Waals surface area contributed by atoms with Crippen LogP contribution in [0.5, 0.6) is 0 Å². The Hall–Kier alpha value is -2.42. The van der Waals surface area contributed by atoms with Gasteiger partial charge in [-0.1, -0.05) is 102 Å². The van der Waals surface area contributed by atoms with Gasteiger partial charge < -0.3 is 0 Å². The summed E-state index contributed by atoms with van der Waals surface area (Å²) < 4.78 is 0. The van der Waals surface area contributed by atoms with Crippen LogP contribution in [0.1, 0.15) is 0 Å². The van der Waals surface area contributed by atoms with Crippen LogP contribution in [-0.4, -0.2) is 0 Å². The van der Waals surface area contributed by atoms with Crippen LogP contribution in [-0.2, 0) is 0 Å². The van der Waals surface area contributed by atoms with Crippen molar-refractivity contribution in [1.82, 2.24) is 0 Å². The van der Waals surface area contributed by atoms with E-state index in [1.807, 2.05) is 23.5 Å². The number of benzene rings is 4. The van der Waals surface area contributed by atoms with E-state index in [0.717, 1.165) is 0 Å². The average molecular weight is 371 g/mol. The first kappa shape index (κ1) is 17.0. The minimum atomic E-state index is 1.25. The standard InChI is InChI=1S/C24H18S2/c1-4-11-19(12-5-1)22-17-10-18-23(25-20-13-6-2-7-14-20)24(22)26-21-15-8-3-9-16-21/h1-18H. The SMILES string of the molecule is c1ccc(Sc2cccc(-c3ccccc3)c2Sc2ccccc2)cc1. The molecule has 0 heterocycles. The van der Waals surface area contributed by atoms with Gasteiger partial charge in [0.25, 0.3) is 0 Å². The van der Waals surface area contributed by atoms with Gasteiger partial charge >= 0.3 is 0 Å². The molecule has 126 valence electrons. The average Bonchev–Trinajstić information content (AvgIpc) is 2.71. The molecule has 0 amide bonds. The molecule has 0 atom stereocenters. The van der Waals surface area contributed by atoms with Gasteiger partial charge in [0.05, 0.1) is 0 Å². The summed E-state index contributed by atoms with van der Waals surface area (Å²) in [5, 5.41) is 0. The predicted octanol–water partition coefficient (Wildman–Crippen LogP) is 7.66. The molecule has 0 aliphatic carbocycles. The van der Waals surface area contributed by atoms with E-state index in [4.69, 9.17) is 0 Å². The molecule has 26 heavy (non-hydrogen) atoms. The van der Waals surface area contributed by atoms with E-state index in [0.29, 0.717) is 0 Å². The second-order valence-electron chi connectivity index (χ2n) is 5.83. The van der Waals surface area contributed by atoms with Gasteiger partial charge in [-0.2, -0.15) is 0 Å². The van der Waals surface area contributed by atoms with Gasteiger partial charge in [-0.05, 0) is 41.5 Å². The van der Waals surface area contributed by atoms with E-state index in [-0.39, 0.29) is 0 Å². The van der Waals surface area contributed by atoms with Crippen LogP contribution in [0.3, 0.4) is 0 Å². The molecule has 4 rings (SSSR count). The molecule has 0 aromatic heterocycles. The van der Waals surface area contributed by atoms with Crippen LogP contribution in [0, 0.1) is 0 Å². The zero-order valence-electron chi connectivity index (χ0n) is 14.2. The lowest BCUT2D eigenvalue weighted by Gasteiger charge is -2.15. The highest BCUT2D eigenvalue weighted by Crippen LogP contribution is 2.44. The lowest BCUT2D eigenvalue weighted by molar-refractivity contribution is 1.24. The second-order valence-corrected chi connectivity index (χ2v) is 8.03. The normalized spacial score (nSPS) is 10.6. The molecule has 2 heteroatoms. The van der Waals surface area contributed by atoms with Gasteiger partial charge in [-0.25, -0.2) is 0 Å². The Labute approximate surface area is 163 Å². The van der Waals surface area contributed by atoms with Gasteiger partial charge in [0.15, 0.2) is 0 Å². The quantitative estimate of drug-likeness (QED) is 0.354. The van der Waals surface area contributed by atoms with Gasteiger partial charge in [0, 0.05) is 19.6 Å². The van der Waals surface area contributed by atoms with Crippen molar-refractivity contribution in [3.8, 4) is 11.1 Å². The third-order valence-corrected chi connectivity index (χ3v) is 6.35. The smallest absolute Gasteiger partial charge is 0.0340 e. The molecule has 0 aliphatic rings. The largest absolute Gasteiger partial charge is 0.0889 e. The highest BCUT2D eigenvalue weighted by molar-refractivity contribution is 8.02. The van der Waals surface area contributed by atoms with E-state index in [1.165, 1.54) is 30.7 Å². The van der Waals surface area contributed by atoms with Gasteiger partial charge in [-0.3, -0.25) is 0 Å². The first-order valence-corrected chi connectivity index (χ1v) is 10.2. The fraction of sp³-hybridized carbons (Fsp3) is 0. The van der Waals surface area contributed by atoms with Crippen molar-refractivity contribution in [3.05, 3.63) is 109 Å². The Morgan fingerprint density at radius 1 is 0.423 bits per heavy atom. The maximum absolute atomic E-state index is 2.22. The zero-order valence-corrected chi connectivity index (χ0v) is 15.8. The van der Waals surface area contributed by atoms with Crippen LogP contribution in [0.25, 0.3) is 11.1 Å². The molecule has 0 nitrogen and oxygen atoms in total. The van der Waals surface area contributed by atoms with E-state index >= 15 is 0 Å². The highest BCUT2D eigenvalue weighted by Gasteiger charge is 2.13. The van der Waals surface area contributed by atoms with Gasteiger partial charge in [0.2, 0.25) is 0 Å². The Morgan fingerprint density at radius 3 is 1.58 bits per heavy atom. The molecular formula is C24H18S2. The summed E-state index contributed by atoms with van der Waals surface area (Å²) in [7, 11) is 0. The van der Waals surface area contributed by atoms with Crippen molar-refractivity contribution in [2.75, 3.05) is 0 Å². The van der Waals surface area contributed by atoms with Gasteiger partial charge in [0.1, 0.15) is 0 Å². The molecule has 0 saturated heterocycles. The lowest BCUT2D eigenvalue weighted by atomic mass is 10.1. The summed E-state index contributed by atoms with van der Waals surface area (Å²) in [5.74, 6) is 0. The number of hydrogen-bond acceptors (Lipinski definition) is 2. The van der Waals surface area contributed by atoms with Crippen LogP contribution in [0.4, 0.5) is 0 Å². The molecular weight excluding hydrogens is 352 g/mol. The molecule has 0 radical (unpaired) electrons. The van der Waals surface area contributed by atoms with E-state index < -0.39 is 0 Å². The summed E-state index contributed by atoms with van der Waals surface area (Å²) >= 11 is 3.66. The first-order chi connectivity index (χ1) is 12.9. The van der Waals surface area contributed by atoms with E-state index in [1.54, 1.807) is 0 Å². The minimum Gasteiger partial charge on any atom is -0.0889 e. The van der Waals surface area contributed by atoms with Crippen molar-refractivity contribution in [2.24, 2.45) is 0 Å². The highest BCUT2D eigenvalue weighted by atomic mass is 32.2. The van der Waals surface area contributed by atoms with Crippen molar-refractivity contribution >= 4 is 23.5 Å². The molecule has 0 bridgehead atoms. The molecule has 0 N–H and O–H groups in total. The summed E-state index contributed by atoms with van der Waals surface area (Å²) in [4.78, 5) is 5.10. The van der Waals surface area contributed by atoms with Crippen molar-refractivity contribution in [3.63, 3.8) is 0 Å². The van der Waals surface area contributed by atoms with Crippen LogP contribution in [0.15, 0.2) is 129 Å². The molecule has 0 unspecified atom stereocenters. The summed E-state index contributed by atoms with van der Waals surface area (Å²) in [6.07, 6.45) is 0. The maximum atomic E-state index is 2.22. The van der Waals surface area contributed by atoms with Crippen molar-refractivity contribution in [2.45, 2.75) is 19.6 Å². The molecule has 4 aromatic rings. The Bertz CT molecular complexity index is 965. The van der Waals surface area contributed by atoms with Crippen LogP contribution < -0.4 is 0 Å². The summed E-state index contributed by atoms with van der Waals surface area (Å²) in [5.41, 5.74) is 2.53. The third-order valence-electron chi connectivity index (χ3n) is 4.00. The van der Waals surface area contributed by atoms with E-state index in [9.17, 15) is 0 Å². The van der Waals surface area contributed by atoms with Crippen molar-refractivity contribution in [1.29, 1.82) is 0 Å². The number of hydrogen-bond donors (Lipinski definition) is 0. The first-order valence-electron chi connectivity index (χ1n) is 8.54. The lowest BCUT2D eigenvalue weighted by Crippen LogP contribution is -1.87. The summed E-state index contributed by atoms with van der Waals surface area (Å²) in [6, 6.07) is 38.4. The van der Waals surface area contributed by atoms with Crippen LogP contribution in [0.2, 0.25) is 0 Å². The Morgan fingerprint density at radius 2 is 0.962 bits per heavy atom. The fourth-order valence-electron chi connectivity index (χ4n) is 2.77. The molecule has 0 fully saturated rings. The molecule has 0 saturated carbocycles.